The molecule has 3 aliphatic heterocycles. The van der Waals surface area contributed by atoms with Crippen LogP contribution in [0.2, 0.25) is 0 Å². The number of amides is 2. The third kappa shape index (κ3) is 2.50. The van der Waals surface area contributed by atoms with Gasteiger partial charge in [0, 0.05) is 45.1 Å². The van der Waals surface area contributed by atoms with E-state index < -0.39 is 6.09 Å². The van der Waals surface area contributed by atoms with E-state index in [9.17, 15) is 14.7 Å². The standard InChI is InChI=1S/C18H29N3O4/c1-3-13-14(10-17(13)4-7-21(11-17)16(23)24)20-8-5-18(6-9-20)12(2)19-15(22)25-18/h12-14H,3-11H2,1-2H3,(H,19,22)(H,23,24). The Hall–Kier alpha value is -1.50. The van der Waals surface area contributed by atoms with E-state index >= 15 is 0 Å². The van der Waals surface area contributed by atoms with Crippen LogP contribution in [0.3, 0.4) is 0 Å². The number of nitrogens with zero attached hydrogens (tertiary/aromatic N) is 2. The predicted octanol–water partition coefficient (Wildman–Crippen LogP) is 2.12. The van der Waals surface area contributed by atoms with Gasteiger partial charge in [0.1, 0.15) is 5.60 Å². The van der Waals surface area contributed by atoms with Crippen molar-refractivity contribution in [2.45, 2.75) is 63.6 Å². The second kappa shape index (κ2) is 5.76. The molecule has 1 aliphatic carbocycles. The summed E-state index contributed by atoms with van der Waals surface area (Å²) in [6.45, 7) is 7.57. The fourth-order valence-electron chi connectivity index (χ4n) is 5.95. The van der Waals surface area contributed by atoms with E-state index in [2.05, 4.69) is 17.1 Å². The quantitative estimate of drug-likeness (QED) is 0.796. The van der Waals surface area contributed by atoms with Crippen LogP contribution in [0, 0.1) is 11.3 Å². The maximum atomic E-state index is 11.6. The lowest BCUT2D eigenvalue weighted by Gasteiger charge is -2.58. The Kier molecular flexibility index (Phi) is 3.90. The number of ether oxygens (including phenoxy) is 1. The number of nitrogens with one attached hydrogen (secondary N) is 1. The van der Waals surface area contributed by atoms with Gasteiger partial charge in [-0.3, -0.25) is 4.90 Å². The lowest BCUT2D eigenvalue weighted by molar-refractivity contribution is -0.102. The summed E-state index contributed by atoms with van der Waals surface area (Å²) in [6.07, 6.45) is 3.92. The summed E-state index contributed by atoms with van der Waals surface area (Å²) in [5, 5.41) is 12.2. The van der Waals surface area contributed by atoms with Crippen LogP contribution in [0.1, 0.15) is 46.0 Å². The summed E-state index contributed by atoms with van der Waals surface area (Å²) < 4.78 is 5.62. The summed E-state index contributed by atoms with van der Waals surface area (Å²) in [5.41, 5.74) is -0.133. The molecule has 0 radical (unpaired) electrons. The normalized spacial score (nSPS) is 40.2. The number of alkyl carbamates (subject to hydrolysis) is 1. The second-order valence-electron chi connectivity index (χ2n) is 8.46. The van der Waals surface area contributed by atoms with Crippen LogP contribution < -0.4 is 5.32 Å². The van der Waals surface area contributed by atoms with Crippen LogP contribution in [0.5, 0.6) is 0 Å². The minimum atomic E-state index is -0.778. The summed E-state index contributed by atoms with van der Waals surface area (Å²) >= 11 is 0. The molecule has 25 heavy (non-hydrogen) atoms. The lowest BCUT2D eigenvalue weighted by atomic mass is 9.54. The molecule has 4 atom stereocenters. The molecule has 4 unspecified atom stereocenters. The molecule has 0 aromatic carbocycles. The van der Waals surface area contributed by atoms with E-state index in [1.165, 1.54) is 0 Å². The summed E-state index contributed by atoms with van der Waals surface area (Å²) in [7, 11) is 0. The Bertz CT molecular complexity index is 575. The maximum Gasteiger partial charge on any atom is 0.408 e. The highest BCUT2D eigenvalue weighted by atomic mass is 16.6. The minimum absolute atomic E-state index is 0.0795. The second-order valence-corrected chi connectivity index (χ2v) is 8.46. The van der Waals surface area contributed by atoms with Crippen molar-refractivity contribution in [3.05, 3.63) is 0 Å². The molecule has 4 fully saturated rings. The number of carbonyl (C=O) groups is 2. The first-order valence-corrected chi connectivity index (χ1v) is 9.60. The fraction of sp³-hybridized carbons (Fsp3) is 0.889. The Morgan fingerprint density at radius 1 is 1.32 bits per heavy atom. The summed E-state index contributed by atoms with van der Waals surface area (Å²) in [6, 6.07) is 0.632. The van der Waals surface area contributed by atoms with Gasteiger partial charge in [0.25, 0.3) is 0 Å². The Morgan fingerprint density at radius 2 is 2.04 bits per heavy atom. The van der Waals surface area contributed by atoms with Crippen molar-refractivity contribution >= 4 is 12.2 Å². The van der Waals surface area contributed by atoms with Crippen molar-refractivity contribution in [1.29, 1.82) is 0 Å². The van der Waals surface area contributed by atoms with Gasteiger partial charge in [0.2, 0.25) is 0 Å². The molecule has 3 saturated heterocycles. The highest BCUT2D eigenvalue weighted by molar-refractivity contribution is 5.71. The SMILES string of the molecule is CCC1C(N2CCC3(CC2)OC(=O)NC3C)CC12CCN(C(=O)O)C2. The Labute approximate surface area is 148 Å². The largest absolute Gasteiger partial charge is 0.465 e. The molecular formula is C18H29N3O4. The number of hydrogen-bond acceptors (Lipinski definition) is 4. The average molecular weight is 351 g/mol. The highest BCUT2D eigenvalue weighted by Gasteiger charge is 2.59. The van der Waals surface area contributed by atoms with Crippen LogP contribution in [0.4, 0.5) is 9.59 Å². The van der Waals surface area contributed by atoms with E-state index in [4.69, 9.17) is 4.74 Å². The number of piperidine rings is 1. The molecule has 140 valence electrons. The third-order valence-electron chi connectivity index (χ3n) is 7.50. The molecule has 2 amide bonds. The van der Waals surface area contributed by atoms with E-state index in [0.717, 1.165) is 45.2 Å². The van der Waals surface area contributed by atoms with Gasteiger partial charge in [-0.25, -0.2) is 9.59 Å². The molecule has 0 bridgehead atoms. The van der Waals surface area contributed by atoms with Crippen LogP contribution >= 0.6 is 0 Å². The molecule has 0 aromatic rings. The predicted molar refractivity (Wildman–Crippen MR) is 91.5 cm³/mol. The molecule has 0 aromatic heterocycles. The van der Waals surface area contributed by atoms with Gasteiger partial charge in [-0.15, -0.1) is 0 Å². The van der Waals surface area contributed by atoms with Crippen LogP contribution in [0.25, 0.3) is 0 Å². The van der Waals surface area contributed by atoms with Gasteiger partial charge < -0.3 is 20.1 Å². The molecule has 4 rings (SSSR count). The van der Waals surface area contributed by atoms with Crippen LogP contribution in [0.15, 0.2) is 0 Å². The first kappa shape index (κ1) is 16.9. The molecule has 2 spiro atoms. The zero-order valence-corrected chi connectivity index (χ0v) is 15.2. The van der Waals surface area contributed by atoms with Crippen molar-refractivity contribution < 1.29 is 19.4 Å². The molecular weight excluding hydrogens is 322 g/mol. The third-order valence-corrected chi connectivity index (χ3v) is 7.50. The molecule has 3 heterocycles. The molecule has 4 aliphatic rings. The zero-order chi connectivity index (χ0) is 17.8. The number of hydrogen-bond donors (Lipinski definition) is 2. The number of carbonyl (C=O) groups excluding carboxylic acids is 1. The first-order chi connectivity index (χ1) is 11.9. The van der Waals surface area contributed by atoms with Gasteiger partial charge in [-0.1, -0.05) is 13.3 Å². The van der Waals surface area contributed by atoms with Crippen LogP contribution in [-0.2, 0) is 4.74 Å². The van der Waals surface area contributed by atoms with Crippen molar-refractivity contribution in [2.24, 2.45) is 11.3 Å². The Balaban J connectivity index is 1.38. The van der Waals surface area contributed by atoms with Crippen molar-refractivity contribution in [2.75, 3.05) is 26.2 Å². The topological polar surface area (TPSA) is 82.1 Å². The maximum absolute atomic E-state index is 11.6. The number of rotatable bonds is 2. The van der Waals surface area contributed by atoms with Crippen molar-refractivity contribution in [3.8, 4) is 0 Å². The van der Waals surface area contributed by atoms with E-state index in [1.54, 1.807) is 4.90 Å². The Morgan fingerprint density at radius 3 is 2.56 bits per heavy atom. The van der Waals surface area contributed by atoms with E-state index in [0.29, 0.717) is 25.0 Å². The van der Waals surface area contributed by atoms with E-state index in [1.807, 2.05) is 6.92 Å². The van der Waals surface area contributed by atoms with Gasteiger partial charge in [-0.05, 0) is 31.1 Å². The van der Waals surface area contributed by atoms with Gasteiger partial charge >= 0.3 is 12.2 Å². The van der Waals surface area contributed by atoms with E-state index in [-0.39, 0.29) is 23.2 Å². The number of carboxylic acid groups (broad SMARTS) is 1. The fourth-order valence-corrected chi connectivity index (χ4v) is 5.95. The van der Waals surface area contributed by atoms with Gasteiger partial charge in [0.05, 0.1) is 6.04 Å². The molecule has 7 nitrogen and oxygen atoms in total. The average Bonchev–Trinajstić information content (AvgIpc) is 3.11. The first-order valence-electron chi connectivity index (χ1n) is 9.60. The molecule has 7 heteroatoms. The van der Waals surface area contributed by atoms with Crippen molar-refractivity contribution in [1.82, 2.24) is 15.1 Å². The van der Waals surface area contributed by atoms with Crippen molar-refractivity contribution in [3.63, 3.8) is 0 Å². The van der Waals surface area contributed by atoms with Crippen LogP contribution in [-0.4, -0.2) is 71.0 Å². The highest BCUT2D eigenvalue weighted by Crippen LogP contribution is 2.56. The monoisotopic (exact) mass is 351 g/mol. The van der Waals surface area contributed by atoms with Gasteiger partial charge in [-0.2, -0.15) is 0 Å². The minimum Gasteiger partial charge on any atom is -0.465 e. The lowest BCUT2D eigenvalue weighted by Crippen LogP contribution is -2.63. The van der Waals surface area contributed by atoms with Gasteiger partial charge in [0.15, 0.2) is 0 Å². The summed E-state index contributed by atoms with van der Waals surface area (Å²) in [4.78, 5) is 27.0. The molecule has 2 N–H and O–H groups in total. The smallest absolute Gasteiger partial charge is 0.408 e. The summed E-state index contributed by atoms with van der Waals surface area (Å²) in [5.74, 6) is 0.576. The molecule has 1 saturated carbocycles. The number of likely N-dealkylation sites (tertiary alicyclic amines) is 2. The zero-order valence-electron chi connectivity index (χ0n) is 15.2.